The van der Waals surface area contributed by atoms with E-state index in [1.807, 2.05) is 24.3 Å². The van der Waals surface area contributed by atoms with E-state index in [1.165, 1.54) is 18.9 Å². The lowest BCUT2D eigenvalue weighted by Gasteiger charge is -2.13. The number of nitrogens with one attached hydrogen (secondary N) is 2. The lowest BCUT2D eigenvalue weighted by atomic mass is 10.2. The molecule has 0 aliphatic heterocycles. The third kappa shape index (κ3) is 3.61. The summed E-state index contributed by atoms with van der Waals surface area (Å²) in [4.78, 5) is 20.3. The molecule has 28 heavy (non-hydrogen) atoms. The SMILES string of the molecule is COc1ccc(Cl)cc1NC(=O)[C@H](C)Sc1nnc2c(n1)[nH]c1ccccc12. The monoisotopic (exact) mass is 413 g/mol. The first-order chi connectivity index (χ1) is 13.5. The molecule has 0 aliphatic rings. The molecule has 1 amide bonds. The van der Waals surface area contributed by atoms with Gasteiger partial charge in [-0.25, -0.2) is 4.98 Å². The molecular formula is C19H16ClN5O2S. The smallest absolute Gasteiger partial charge is 0.237 e. The highest BCUT2D eigenvalue weighted by molar-refractivity contribution is 8.00. The first-order valence-electron chi connectivity index (χ1n) is 8.47. The Labute approximate surface area is 169 Å². The minimum atomic E-state index is -0.452. The summed E-state index contributed by atoms with van der Waals surface area (Å²) in [5, 5.41) is 12.7. The van der Waals surface area contributed by atoms with E-state index in [-0.39, 0.29) is 5.91 Å². The molecule has 4 rings (SSSR count). The quantitative estimate of drug-likeness (QED) is 0.474. The summed E-state index contributed by atoms with van der Waals surface area (Å²) >= 11 is 7.23. The molecule has 0 aliphatic carbocycles. The van der Waals surface area contributed by atoms with Gasteiger partial charge in [0.05, 0.1) is 18.0 Å². The van der Waals surface area contributed by atoms with Gasteiger partial charge in [0, 0.05) is 15.9 Å². The number of thioether (sulfide) groups is 1. The average Bonchev–Trinajstić information content (AvgIpc) is 3.06. The standard InChI is InChI=1S/C19H16ClN5O2S/c1-10(18(26)22-14-9-11(20)7-8-15(14)27-2)28-19-23-17-16(24-25-19)12-5-3-4-6-13(12)21-17/h3-10H,1-2H3,(H,22,26)(H,21,23,25)/t10-/m0/s1. The van der Waals surface area contributed by atoms with Gasteiger partial charge in [0.1, 0.15) is 11.3 Å². The molecule has 0 bridgehead atoms. The van der Waals surface area contributed by atoms with Crippen molar-refractivity contribution in [2.45, 2.75) is 17.3 Å². The lowest BCUT2D eigenvalue weighted by Crippen LogP contribution is -2.23. The molecule has 0 saturated carbocycles. The summed E-state index contributed by atoms with van der Waals surface area (Å²) in [5.74, 6) is 0.318. The molecular weight excluding hydrogens is 398 g/mol. The maximum atomic E-state index is 12.6. The average molecular weight is 414 g/mol. The number of halogens is 1. The minimum Gasteiger partial charge on any atom is -0.495 e. The fraction of sp³-hybridized carbons (Fsp3) is 0.158. The van der Waals surface area contributed by atoms with Crippen molar-refractivity contribution in [2.24, 2.45) is 0 Å². The van der Waals surface area contributed by atoms with Gasteiger partial charge in [0.25, 0.3) is 0 Å². The second-order valence-corrected chi connectivity index (χ2v) is 7.80. The molecule has 4 aromatic rings. The number of fused-ring (bicyclic) bond motifs is 3. The van der Waals surface area contributed by atoms with Crippen LogP contribution in [0.4, 0.5) is 5.69 Å². The molecule has 0 fully saturated rings. The number of benzene rings is 2. The number of methoxy groups -OCH3 is 1. The lowest BCUT2D eigenvalue weighted by molar-refractivity contribution is -0.115. The number of H-pyrrole nitrogens is 1. The normalized spacial score (nSPS) is 12.2. The van der Waals surface area contributed by atoms with Gasteiger partial charge in [-0.3, -0.25) is 4.79 Å². The Kier molecular flexibility index (Phi) is 5.06. The zero-order chi connectivity index (χ0) is 19.7. The van der Waals surface area contributed by atoms with Crippen molar-refractivity contribution in [1.82, 2.24) is 20.2 Å². The van der Waals surface area contributed by atoms with Crippen LogP contribution in [0.25, 0.3) is 22.1 Å². The maximum Gasteiger partial charge on any atom is 0.237 e. The van der Waals surface area contributed by atoms with E-state index < -0.39 is 5.25 Å². The highest BCUT2D eigenvalue weighted by atomic mass is 35.5. The van der Waals surface area contributed by atoms with Gasteiger partial charge < -0.3 is 15.0 Å². The number of nitrogens with zero attached hydrogens (tertiary/aromatic N) is 3. The van der Waals surface area contributed by atoms with E-state index in [0.29, 0.717) is 32.8 Å². The van der Waals surface area contributed by atoms with Gasteiger partial charge in [0.2, 0.25) is 11.1 Å². The van der Waals surface area contributed by atoms with Gasteiger partial charge in [0.15, 0.2) is 5.65 Å². The molecule has 2 N–H and O–H groups in total. The summed E-state index contributed by atoms with van der Waals surface area (Å²) in [6, 6.07) is 12.8. The van der Waals surface area contributed by atoms with Gasteiger partial charge >= 0.3 is 0 Å². The summed E-state index contributed by atoms with van der Waals surface area (Å²) in [6.07, 6.45) is 0. The van der Waals surface area contributed by atoms with Crippen LogP contribution in [0.3, 0.4) is 0 Å². The number of anilines is 1. The number of carbonyl (C=O) groups excluding carboxylic acids is 1. The number of aromatic amines is 1. The zero-order valence-corrected chi connectivity index (χ0v) is 16.6. The second kappa shape index (κ2) is 7.65. The van der Waals surface area contributed by atoms with Crippen LogP contribution in [0.15, 0.2) is 47.6 Å². The first-order valence-corrected chi connectivity index (χ1v) is 9.73. The minimum absolute atomic E-state index is 0.217. The zero-order valence-electron chi connectivity index (χ0n) is 15.1. The number of amides is 1. The van der Waals surface area contributed by atoms with Crippen LogP contribution in [0.2, 0.25) is 5.02 Å². The van der Waals surface area contributed by atoms with Crippen molar-refractivity contribution < 1.29 is 9.53 Å². The van der Waals surface area contributed by atoms with Crippen molar-refractivity contribution in [1.29, 1.82) is 0 Å². The Bertz CT molecular complexity index is 1180. The highest BCUT2D eigenvalue weighted by Gasteiger charge is 2.19. The molecule has 142 valence electrons. The summed E-state index contributed by atoms with van der Waals surface area (Å²) in [5.41, 5.74) is 2.81. The van der Waals surface area contributed by atoms with Crippen LogP contribution in [0.5, 0.6) is 5.75 Å². The van der Waals surface area contributed by atoms with E-state index in [4.69, 9.17) is 16.3 Å². The molecule has 7 nitrogen and oxygen atoms in total. The van der Waals surface area contributed by atoms with Crippen LogP contribution in [-0.2, 0) is 4.79 Å². The third-order valence-electron chi connectivity index (χ3n) is 4.17. The highest BCUT2D eigenvalue weighted by Crippen LogP contribution is 2.29. The van der Waals surface area contributed by atoms with Crippen molar-refractivity contribution in [3.05, 3.63) is 47.5 Å². The molecule has 1 atom stereocenters. The molecule has 0 spiro atoms. The molecule has 9 heteroatoms. The third-order valence-corrected chi connectivity index (χ3v) is 5.36. The Balaban J connectivity index is 1.53. The van der Waals surface area contributed by atoms with E-state index in [2.05, 4.69) is 25.5 Å². The van der Waals surface area contributed by atoms with Crippen LogP contribution < -0.4 is 10.1 Å². The molecule has 2 heterocycles. The Morgan fingerprint density at radius 1 is 1.25 bits per heavy atom. The topological polar surface area (TPSA) is 92.8 Å². The first kappa shape index (κ1) is 18.5. The molecule has 0 saturated heterocycles. The fourth-order valence-corrected chi connectivity index (χ4v) is 3.67. The van der Waals surface area contributed by atoms with Crippen molar-refractivity contribution in [3.8, 4) is 5.75 Å². The van der Waals surface area contributed by atoms with Crippen LogP contribution in [-0.4, -0.2) is 38.4 Å². The Hall–Kier alpha value is -2.84. The number of para-hydroxylation sites is 1. The van der Waals surface area contributed by atoms with Crippen molar-refractivity contribution in [3.63, 3.8) is 0 Å². The Morgan fingerprint density at radius 3 is 2.89 bits per heavy atom. The molecule has 0 radical (unpaired) electrons. The number of hydrogen-bond donors (Lipinski definition) is 2. The molecule has 2 aromatic heterocycles. The number of hydrogen-bond acceptors (Lipinski definition) is 6. The van der Waals surface area contributed by atoms with Crippen LogP contribution in [0.1, 0.15) is 6.92 Å². The summed E-state index contributed by atoms with van der Waals surface area (Å²) in [7, 11) is 1.53. The number of aromatic nitrogens is 4. The van der Waals surface area contributed by atoms with E-state index in [9.17, 15) is 4.79 Å². The van der Waals surface area contributed by atoms with Gasteiger partial charge in [-0.15, -0.1) is 10.2 Å². The fourth-order valence-electron chi connectivity index (χ4n) is 2.78. The van der Waals surface area contributed by atoms with Crippen LogP contribution >= 0.6 is 23.4 Å². The predicted molar refractivity (Wildman–Crippen MR) is 111 cm³/mol. The number of carbonyl (C=O) groups is 1. The maximum absolute atomic E-state index is 12.6. The summed E-state index contributed by atoms with van der Waals surface area (Å²) in [6.45, 7) is 1.77. The van der Waals surface area contributed by atoms with E-state index in [0.717, 1.165) is 10.9 Å². The van der Waals surface area contributed by atoms with E-state index in [1.54, 1.807) is 25.1 Å². The van der Waals surface area contributed by atoms with Gasteiger partial charge in [-0.2, -0.15) is 0 Å². The van der Waals surface area contributed by atoms with Crippen LogP contribution in [0, 0.1) is 0 Å². The second-order valence-electron chi connectivity index (χ2n) is 6.06. The number of rotatable bonds is 5. The van der Waals surface area contributed by atoms with Gasteiger partial charge in [-0.1, -0.05) is 41.6 Å². The molecule has 2 aromatic carbocycles. The van der Waals surface area contributed by atoms with Crippen molar-refractivity contribution in [2.75, 3.05) is 12.4 Å². The molecule has 0 unspecified atom stereocenters. The Morgan fingerprint density at radius 2 is 2.07 bits per heavy atom. The summed E-state index contributed by atoms with van der Waals surface area (Å²) < 4.78 is 5.26. The predicted octanol–water partition coefficient (Wildman–Crippen LogP) is 4.29. The largest absolute Gasteiger partial charge is 0.495 e. The van der Waals surface area contributed by atoms with Crippen molar-refractivity contribution >= 4 is 57.0 Å². The van der Waals surface area contributed by atoms with Gasteiger partial charge in [-0.05, 0) is 31.2 Å². The van der Waals surface area contributed by atoms with E-state index >= 15 is 0 Å². The number of ether oxygens (including phenoxy) is 1.